The highest BCUT2D eigenvalue weighted by molar-refractivity contribution is 8.00. The number of hydrogen-bond acceptors (Lipinski definition) is 3. The van der Waals surface area contributed by atoms with Crippen molar-refractivity contribution in [2.75, 3.05) is 0 Å². The molecule has 0 radical (unpaired) electrons. The second kappa shape index (κ2) is 5.87. The molecule has 1 N–H and O–H groups in total. The number of nitrogens with zero attached hydrogens (tertiary/aromatic N) is 1. The molecule has 1 aromatic heterocycles. The number of H-pyrrole nitrogens is 1. The predicted molar refractivity (Wildman–Crippen MR) is 74.1 cm³/mol. The second-order valence-corrected chi connectivity index (χ2v) is 5.40. The third kappa shape index (κ3) is 3.01. The molecule has 18 heavy (non-hydrogen) atoms. The van der Waals surface area contributed by atoms with Gasteiger partial charge < -0.3 is 4.98 Å². The lowest BCUT2D eigenvalue weighted by atomic mass is 10.1. The minimum atomic E-state index is -0.136. The van der Waals surface area contributed by atoms with Crippen LogP contribution in [0.3, 0.4) is 0 Å². The average molecular weight is 260 g/mol. The number of carbonyl (C=O) groups is 1. The minimum absolute atomic E-state index is 0.136. The van der Waals surface area contributed by atoms with Gasteiger partial charge in [-0.2, -0.15) is 0 Å². The topological polar surface area (TPSA) is 45.8 Å². The van der Waals surface area contributed by atoms with E-state index in [-0.39, 0.29) is 11.0 Å². The standard InChI is InChI=1S/C14H16N2OS/c1-3-11-4-6-12(7-5-11)13(17)10(2)18-14-15-8-9-16-14/h4-10H,3H2,1-2H3,(H,15,16). The molecule has 0 aliphatic rings. The highest BCUT2D eigenvalue weighted by Crippen LogP contribution is 2.22. The second-order valence-electron chi connectivity index (χ2n) is 4.07. The summed E-state index contributed by atoms with van der Waals surface area (Å²) in [6.07, 6.45) is 4.44. The van der Waals surface area contributed by atoms with E-state index in [1.165, 1.54) is 17.3 Å². The van der Waals surface area contributed by atoms with Crippen LogP contribution in [-0.4, -0.2) is 21.0 Å². The third-order valence-electron chi connectivity index (χ3n) is 2.78. The Bertz CT molecular complexity index is 505. The summed E-state index contributed by atoms with van der Waals surface area (Å²) < 4.78 is 0. The maximum atomic E-state index is 12.2. The number of ketones is 1. The Morgan fingerprint density at radius 2 is 2.11 bits per heavy atom. The predicted octanol–water partition coefficient (Wildman–Crippen LogP) is 3.34. The molecule has 1 unspecified atom stereocenters. The van der Waals surface area contributed by atoms with Crippen molar-refractivity contribution in [1.82, 2.24) is 9.97 Å². The van der Waals surface area contributed by atoms with Crippen LogP contribution in [0.5, 0.6) is 0 Å². The number of imidazole rings is 1. The molecule has 0 spiro atoms. The summed E-state index contributed by atoms with van der Waals surface area (Å²) in [6.45, 7) is 4.01. The van der Waals surface area contributed by atoms with Crippen molar-refractivity contribution >= 4 is 17.5 Å². The molecule has 94 valence electrons. The molecule has 0 saturated heterocycles. The van der Waals surface area contributed by atoms with Crippen molar-refractivity contribution < 1.29 is 4.79 Å². The molecule has 0 fully saturated rings. The Morgan fingerprint density at radius 3 is 2.67 bits per heavy atom. The van der Waals surface area contributed by atoms with Gasteiger partial charge >= 0.3 is 0 Å². The number of aryl methyl sites for hydroxylation is 1. The van der Waals surface area contributed by atoms with Crippen LogP contribution in [0.1, 0.15) is 29.8 Å². The van der Waals surface area contributed by atoms with E-state index >= 15 is 0 Å². The van der Waals surface area contributed by atoms with Crippen molar-refractivity contribution in [3.05, 3.63) is 47.8 Å². The number of aromatic amines is 1. The quantitative estimate of drug-likeness (QED) is 0.662. The number of aromatic nitrogens is 2. The van der Waals surface area contributed by atoms with Crippen LogP contribution in [0, 0.1) is 0 Å². The van der Waals surface area contributed by atoms with Crippen LogP contribution in [-0.2, 0) is 6.42 Å². The molecule has 2 aromatic rings. The zero-order chi connectivity index (χ0) is 13.0. The molecule has 1 heterocycles. The molecule has 1 aromatic carbocycles. The Balaban J connectivity index is 2.05. The van der Waals surface area contributed by atoms with E-state index in [0.717, 1.165) is 17.1 Å². The number of Topliss-reactive ketones (excluding diaryl/α,β-unsaturated/α-hetero) is 1. The van der Waals surface area contributed by atoms with Crippen LogP contribution in [0.2, 0.25) is 0 Å². The number of benzene rings is 1. The fourth-order valence-corrected chi connectivity index (χ4v) is 2.51. The largest absolute Gasteiger partial charge is 0.340 e. The number of thioether (sulfide) groups is 1. The number of nitrogens with one attached hydrogen (secondary N) is 1. The van der Waals surface area contributed by atoms with Gasteiger partial charge in [-0.1, -0.05) is 43.0 Å². The molecule has 0 saturated carbocycles. The highest BCUT2D eigenvalue weighted by Gasteiger charge is 2.17. The summed E-state index contributed by atoms with van der Waals surface area (Å²) >= 11 is 1.45. The fourth-order valence-electron chi connectivity index (χ4n) is 1.68. The van der Waals surface area contributed by atoms with Crippen LogP contribution in [0.25, 0.3) is 0 Å². The smallest absolute Gasteiger partial charge is 0.175 e. The van der Waals surface area contributed by atoms with E-state index in [2.05, 4.69) is 16.9 Å². The van der Waals surface area contributed by atoms with Gasteiger partial charge in [0.2, 0.25) is 0 Å². The van der Waals surface area contributed by atoms with Crippen LogP contribution in [0.15, 0.2) is 41.8 Å². The average Bonchev–Trinajstić information content (AvgIpc) is 2.91. The monoisotopic (exact) mass is 260 g/mol. The number of hydrogen-bond donors (Lipinski definition) is 1. The Labute approximate surface area is 111 Å². The van der Waals surface area contributed by atoms with Gasteiger partial charge in [0.05, 0.1) is 5.25 Å². The van der Waals surface area contributed by atoms with Crippen molar-refractivity contribution in [2.45, 2.75) is 30.7 Å². The van der Waals surface area contributed by atoms with E-state index in [1.807, 2.05) is 31.2 Å². The molecule has 3 nitrogen and oxygen atoms in total. The molecule has 2 rings (SSSR count). The molecule has 0 amide bonds. The summed E-state index contributed by atoms with van der Waals surface area (Å²) in [5.74, 6) is 0.138. The van der Waals surface area contributed by atoms with Crippen LogP contribution < -0.4 is 0 Å². The van der Waals surface area contributed by atoms with Gasteiger partial charge in [-0.25, -0.2) is 4.98 Å². The summed E-state index contributed by atoms with van der Waals surface area (Å²) in [5, 5.41) is 0.643. The van der Waals surface area contributed by atoms with E-state index in [0.29, 0.717) is 0 Å². The van der Waals surface area contributed by atoms with Crippen LogP contribution >= 0.6 is 11.8 Å². The van der Waals surface area contributed by atoms with Gasteiger partial charge in [0.25, 0.3) is 0 Å². The molecule has 0 aliphatic carbocycles. The first kappa shape index (κ1) is 12.9. The van der Waals surface area contributed by atoms with Gasteiger partial charge in [0.1, 0.15) is 0 Å². The zero-order valence-electron chi connectivity index (χ0n) is 10.5. The molecule has 1 atom stereocenters. The molecular weight excluding hydrogens is 244 g/mol. The van der Waals surface area contributed by atoms with Crippen LogP contribution in [0.4, 0.5) is 0 Å². The Hall–Kier alpha value is -1.55. The zero-order valence-corrected chi connectivity index (χ0v) is 11.3. The number of rotatable bonds is 5. The van der Waals surface area contributed by atoms with Gasteiger partial charge in [0.15, 0.2) is 10.9 Å². The Morgan fingerprint density at radius 1 is 1.39 bits per heavy atom. The summed E-state index contributed by atoms with van der Waals surface area (Å²) in [4.78, 5) is 19.3. The molecule has 0 bridgehead atoms. The van der Waals surface area contributed by atoms with E-state index < -0.39 is 0 Å². The lowest BCUT2D eigenvalue weighted by Crippen LogP contribution is -2.13. The summed E-state index contributed by atoms with van der Waals surface area (Å²) in [5.41, 5.74) is 2.01. The summed E-state index contributed by atoms with van der Waals surface area (Å²) in [7, 11) is 0. The normalized spacial score (nSPS) is 12.3. The fraction of sp³-hybridized carbons (Fsp3) is 0.286. The van der Waals surface area contributed by atoms with Crippen molar-refractivity contribution in [2.24, 2.45) is 0 Å². The first-order valence-corrected chi connectivity index (χ1v) is 6.88. The van der Waals surface area contributed by atoms with Gasteiger partial charge in [-0.3, -0.25) is 4.79 Å². The maximum Gasteiger partial charge on any atom is 0.175 e. The first-order valence-electron chi connectivity index (χ1n) is 6.00. The van der Waals surface area contributed by atoms with Crippen molar-refractivity contribution in [3.8, 4) is 0 Å². The number of carbonyl (C=O) groups excluding carboxylic acids is 1. The maximum absolute atomic E-state index is 12.2. The van der Waals surface area contributed by atoms with Crippen molar-refractivity contribution in [3.63, 3.8) is 0 Å². The Kier molecular flexibility index (Phi) is 4.20. The van der Waals surface area contributed by atoms with E-state index in [1.54, 1.807) is 12.4 Å². The van der Waals surface area contributed by atoms with Crippen molar-refractivity contribution in [1.29, 1.82) is 0 Å². The lowest BCUT2D eigenvalue weighted by Gasteiger charge is -2.08. The molecule has 4 heteroatoms. The third-order valence-corrected chi connectivity index (χ3v) is 3.79. The van der Waals surface area contributed by atoms with Gasteiger partial charge in [-0.05, 0) is 18.9 Å². The van der Waals surface area contributed by atoms with Gasteiger partial charge in [0, 0.05) is 18.0 Å². The molecule has 0 aliphatic heterocycles. The van der Waals surface area contributed by atoms with E-state index in [4.69, 9.17) is 0 Å². The molecular formula is C14H16N2OS. The summed E-state index contributed by atoms with van der Waals surface area (Å²) in [6, 6.07) is 7.83. The first-order chi connectivity index (χ1) is 8.70. The minimum Gasteiger partial charge on any atom is -0.340 e. The highest BCUT2D eigenvalue weighted by atomic mass is 32.2. The van der Waals surface area contributed by atoms with E-state index in [9.17, 15) is 4.79 Å². The SMILES string of the molecule is CCc1ccc(C(=O)C(C)Sc2ncc[nH]2)cc1. The lowest BCUT2D eigenvalue weighted by molar-refractivity contribution is 0.0994. The van der Waals surface area contributed by atoms with Gasteiger partial charge in [-0.15, -0.1) is 0 Å².